The van der Waals surface area contributed by atoms with Gasteiger partial charge in [0.25, 0.3) is 11.6 Å². The highest BCUT2D eigenvalue weighted by Crippen LogP contribution is 2.21. The summed E-state index contributed by atoms with van der Waals surface area (Å²) in [6.07, 6.45) is -0.808. The van der Waals surface area contributed by atoms with Crippen molar-refractivity contribution in [3.8, 4) is 0 Å². The lowest BCUT2D eigenvalue weighted by atomic mass is 10.1. The number of amides is 1. The number of hydrogen-bond donors (Lipinski definition) is 3. The van der Waals surface area contributed by atoms with E-state index in [9.17, 15) is 24.5 Å². The molecular formula is C11H9BrN2O7. The van der Waals surface area contributed by atoms with Gasteiger partial charge in [-0.15, -0.1) is 0 Å². The number of carboxylic acids is 2. The molecule has 0 heterocycles. The van der Waals surface area contributed by atoms with Gasteiger partial charge in [-0.25, -0.2) is 4.79 Å². The third-order valence-electron chi connectivity index (χ3n) is 2.34. The van der Waals surface area contributed by atoms with E-state index in [2.05, 4.69) is 15.9 Å². The minimum atomic E-state index is -1.63. The van der Waals surface area contributed by atoms with Crippen molar-refractivity contribution in [3.63, 3.8) is 0 Å². The van der Waals surface area contributed by atoms with Crippen molar-refractivity contribution in [2.75, 3.05) is 0 Å². The average molecular weight is 361 g/mol. The summed E-state index contributed by atoms with van der Waals surface area (Å²) >= 11 is 2.99. The third-order valence-corrected chi connectivity index (χ3v) is 2.80. The summed E-state index contributed by atoms with van der Waals surface area (Å²) in [5, 5.41) is 30.1. The highest BCUT2D eigenvalue weighted by atomic mass is 79.9. The number of halogens is 1. The van der Waals surface area contributed by atoms with Crippen LogP contribution < -0.4 is 5.32 Å². The van der Waals surface area contributed by atoms with E-state index in [-0.39, 0.29) is 15.7 Å². The van der Waals surface area contributed by atoms with Crippen molar-refractivity contribution in [1.29, 1.82) is 0 Å². The number of rotatable bonds is 6. The molecule has 0 aliphatic carbocycles. The van der Waals surface area contributed by atoms with Crippen LogP contribution in [0.3, 0.4) is 0 Å². The second kappa shape index (κ2) is 6.79. The van der Waals surface area contributed by atoms with Crippen LogP contribution in [-0.2, 0) is 9.59 Å². The number of nitrogens with zero attached hydrogens (tertiary/aromatic N) is 1. The van der Waals surface area contributed by atoms with Gasteiger partial charge in [0.05, 0.1) is 11.3 Å². The van der Waals surface area contributed by atoms with E-state index in [0.29, 0.717) is 0 Å². The van der Waals surface area contributed by atoms with Gasteiger partial charge < -0.3 is 15.5 Å². The molecule has 0 spiro atoms. The monoisotopic (exact) mass is 360 g/mol. The number of nitro benzene ring substituents is 1. The summed E-state index contributed by atoms with van der Waals surface area (Å²) in [4.78, 5) is 43.2. The van der Waals surface area contributed by atoms with Gasteiger partial charge in [0, 0.05) is 22.2 Å². The van der Waals surface area contributed by atoms with Crippen LogP contribution in [0.5, 0.6) is 0 Å². The minimum Gasteiger partial charge on any atom is -0.481 e. The number of hydrogen-bond acceptors (Lipinski definition) is 5. The lowest BCUT2D eigenvalue weighted by molar-refractivity contribution is -0.385. The molecule has 9 nitrogen and oxygen atoms in total. The Hall–Kier alpha value is -2.49. The van der Waals surface area contributed by atoms with Crippen LogP contribution in [0.15, 0.2) is 22.7 Å². The molecule has 3 N–H and O–H groups in total. The zero-order chi connectivity index (χ0) is 16.2. The molecule has 1 atom stereocenters. The van der Waals surface area contributed by atoms with E-state index in [1.54, 1.807) is 0 Å². The number of carbonyl (C=O) groups is 3. The van der Waals surface area contributed by atoms with Gasteiger partial charge in [-0.2, -0.15) is 0 Å². The first-order chi connectivity index (χ1) is 9.70. The van der Waals surface area contributed by atoms with Crippen molar-refractivity contribution >= 4 is 39.5 Å². The first kappa shape index (κ1) is 16.6. The molecule has 10 heteroatoms. The van der Waals surface area contributed by atoms with E-state index in [1.165, 1.54) is 12.1 Å². The van der Waals surface area contributed by atoms with Gasteiger partial charge in [0.15, 0.2) is 0 Å². The highest BCUT2D eigenvalue weighted by molar-refractivity contribution is 9.10. The maximum absolute atomic E-state index is 11.9. The number of benzene rings is 1. The highest BCUT2D eigenvalue weighted by Gasteiger charge is 2.24. The van der Waals surface area contributed by atoms with E-state index in [0.717, 1.165) is 6.07 Å². The molecule has 0 radical (unpaired) electrons. The molecule has 0 aliphatic heterocycles. The summed E-state index contributed by atoms with van der Waals surface area (Å²) in [6, 6.07) is 1.75. The van der Waals surface area contributed by atoms with Crippen LogP contribution in [0.2, 0.25) is 0 Å². The van der Waals surface area contributed by atoms with Crippen LogP contribution in [0.25, 0.3) is 0 Å². The van der Waals surface area contributed by atoms with E-state index in [4.69, 9.17) is 10.2 Å². The molecule has 21 heavy (non-hydrogen) atoms. The van der Waals surface area contributed by atoms with Crippen LogP contribution in [0, 0.1) is 10.1 Å². The average Bonchev–Trinajstić information content (AvgIpc) is 2.36. The summed E-state index contributed by atoms with van der Waals surface area (Å²) in [5.41, 5.74) is -0.521. The first-order valence-electron chi connectivity index (χ1n) is 5.41. The lowest BCUT2D eigenvalue weighted by Gasteiger charge is -2.12. The number of aliphatic carboxylic acids is 2. The SMILES string of the molecule is O=C(O)CC(NC(=O)c1cc(Br)cc([N+](=O)[O-])c1)C(=O)O. The van der Waals surface area contributed by atoms with Gasteiger partial charge in [0.1, 0.15) is 6.04 Å². The Kier molecular flexibility index (Phi) is 5.36. The number of nitrogens with one attached hydrogen (secondary N) is 1. The Morgan fingerprint density at radius 2 is 1.90 bits per heavy atom. The van der Waals surface area contributed by atoms with Crippen LogP contribution in [0.4, 0.5) is 5.69 Å². The molecule has 1 unspecified atom stereocenters. The van der Waals surface area contributed by atoms with Crippen LogP contribution >= 0.6 is 15.9 Å². The fourth-order valence-corrected chi connectivity index (χ4v) is 1.91. The summed E-state index contributed by atoms with van der Waals surface area (Å²) in [5.74, 6) is -3.84. The van der Waals surface area contributed by atoms with Crippen molar-refractivity contribution < 1.29 is 29.5 Å². The molecule has 0 aliphatic rings. The second-order valence-electron chi connectivity index (χ2n) is 3.92. The lowest BCUT2D eigenvalue weighted by Crippen LogP contribution is -2.42. The molecule has 0 fully saturated rings. The Labute approximate surface area is 125 Å². The molecular weight excluding hydrogens is 352 g/mol. The number of carbonyl (C=O) groups excluding carboxylic acids is 1. The van der Waals surface area contributed by atoms with Crippen LogP contribution in [0.1, 0.15) is 16.8 Å². The quantitative estimate of drug-likeness (QED) is 0.506. The van der Waals surface area contributed by atoms with E-state index < -0.39 is 35.2 Å². The van der Waals surface area contributed by atoms with Gasteiger partial charge in [-0.1, -0.05) is 15.9 Å². The van der Waals surface area contributed by atoms with E-state index >= 15 is 0 Å². The smallest absolute Gasteiger partial charge is 0.326 e. The molecule has 1 rings (SSSR count). The van der Waals surface area contributed by atoms with Crippen molar-refractivity contribution in [1.82, 2.24) is 5.32 Å². The minimum absolute atomic E-state index is 0.160. The zero-order valence-corrected chi connectivity index (χ0v) is 11.9. The second-order valence-corrected chi connectivity index (χ2v) is 4.83. The summed E-state index contributed by atoms with van der Waals surface area (Å²) in [6.45, 7) is 0. The van der Waals surface area contributed by atoms with Crippen molar-refractivity contribution in [2.45, 2.75) is 12.5 Å². The molecule has 0 saturated carbocycles. The van der Waals surface area contributed by atoms with Gasteiger partial charge in [-0.05, 0) is 6.07 Å². The summed E-state index contributed by atoms with van der Waals surface area (Å²) < 4.78 is 0.256. The number of non-ortho nitro benzene ring substituents is 1. The maximum Gasteiger partial charge on any atom is 0.326 e. The predicted octanol–water partition coefficient (Wildman–Crippen LogP) is 1.01. The Morgan fingerprint density at radius 3 is 2.38 bits per heavy atom. The Morgan fingerprint density at radius 1 is 1.29 bits per heavy atom. The van der Waals surface area contributed by atoms with E-state index in [1.807, 2.05) is 5.32 Å². The molecule has 0 aromatic heterocycles. The molecule has 1 aromatic rings. The van der Waals surface area contributed by atoms with Crippen molar-refractivity contribution in [2.24, 2.45) is 0 Å². The molecule has 0 saturated heterocycles. The Bertz CT molecular complexity index is 617. The normalized spacial score (nSPS) is 11.5. The topological polar surface area (TPSA) is 147 Å². The predicted molar refractivity (Wildman–Crippen MR) is 71.9 cm³/mol. The van der Waals surface area contributed by atoms with Gasteiger partial charge >= 0.3 is 11.9 Å². The molecule has 0 bridgehead atoms. The fraction of sp³-hybridized carbons (Fsp3) is 0.182. The molecule has 1 aromatic carbocycles. The molecule has 1 amide bonds. The van der Waals surface area contributed by atoms with Crippen molar-refractivity contribution in [3.05, 3.63) is 38.3 Å². The molecule has 112 valence electrons. The fourth-order valence-electron chi connectivity index (χ4n) is 1.43. The van der Waals surface area contributed by atoms with Crippen LogP contribution in [-0.4, -0.2) is 39.0 Å². The first-order valence-corrected chi connectivity index (χ1v) is 6.20. The van der Waals surface area contributed by atoms with Gasteiger partial charge in [0.2, 0.25) is 0 Å². The Balaban J connectivity index is 2.99. The van der Waals surface area contributed by atoms with Gasteiger partial charge in [-0.3, -0.25) is 19.7 Å². The third kappa shape index (κ3) is 4.84. The zero-order valence-electron chi connectivity index (χ0n) is 10.3. The largest absolute Gasteiger partial charge is 0.481 e. The maximum atomic E-state index is 11.9. The summed E-state index contributed by atoms with van der Waals surface area (Å²) in [7, 11) is 0. The number of carboxylic acid groups (broad SMARTS) is 2. The standard InChI is InChI=1S/C11H9BrN2O7/c12-6-1-5(2-7(3-6)14(20)21)10(17)13-8(11(18)19)4-9(15)16/h1-3,8H,4H2,(H,13,17)(H,15,16)(H,18,19). The number of nitro groups is 1.